The van der Waals surface area contributed by atoms with Crippen LogP contribution in [-0.4, -0.2) is 32.9 Å². The molecular weight excluding hydrogens is 320 g/mol. The maximum Gasteiger partial charge on any atom is 0.243 e. The number of nitrogens with one attached hydrogen (secondary N) is 1. The Labute approximate surface area is 126 Å². The van der Waals surface area contributed by atoms with Crippen LogP contribution in [0.15, 0.2) is 22.8 Å². The minimum absolute atomic E-state index is 0.00698. The minimum atomic E-state index is -0.00698. The summed E-state index contributed by atoms with van der Waals surface area (Å²) in [5.41, 5.74) is 0.796. The van der Waals surface area contributed by atoms with Crippen LogP contribution in [0.1, 0.15) is 32.1 Å². The van der Waals surface area contributed by atoms with E-state index in [1.807, 2.05) is 18.3 Å². The number of fused-ring (bicyclic) bond motifs is 1. The van der Waals surface area contributed by atoms with E-state index in [4.69, 9.17) is 0 Å². The molecule has 20 heavy (non-hydrogen) atoms. The molecule has 0 unspecified atom stereocenters. The molecule has 0 radical (unpaired) electrons. The van der Waals surface area contributed by atoms with E-state index in [9.17, 15) is 5.11 Å². The van der Waals surface area contributed by atoms with E-state index < -0.39 is 0 Å². The van der Waals surface area contributed by atoms with Gasteiger partial charge in [-0.2, -0.15) is 4.98 Å². The van der Waals surface area contributed by atoms with Gasteiger partial charge in [0.25, 0.3) is 0 Å². The monoisotopic (exact) mass is 338 g/mol. The predicted molar refractivity (Wildman–Crippen MR) is 81.8 cm³/mol. The molecule has 6 heteroatoms. The van der Waals surface area contributed by atoms with Gasteiger partial charge in [-0.05, 0) is 40.9 Å². The largest absolute Gasteiger partial charge is 0.396 e. The Kier molecular flexibility index (Phi) is 3.94. The van der Waals surface area contributed by atoms with E-state index in [2.05, 4.69) is 31.3 Å². The maximum absolute atomic E-state index is 9.71. The maximum atomic E-state index is 9.71. The van der Waals surface area contributed by atoms with Gasteiger partial charge in [0.05, 0.1) is 11.1 Å². The molecule has 0 saturated heterocycles. The fraction of sp³-hybridized carbons (Fsp3) is 0.571. The number of halogens is 1. The predicted octanol–water partition coefficient (Wildman–Crippen LogP) is 2.85. The molecule has 1 aliphatic rings. The van der Waals surface area contributed by atoms with Crippen LogP contribution in [0.25, 0.3) is 5.65 Å². The number of hydrogen-bond donors (Lipinski definition) is 2. The van der Waals surface area contributed by atoms with Crippen LogP contribution in [0.4, 0.5) is 5.95 Å². The topological polar surface area (TPSA) is 62.5 Å². The number of aliphatic hydroxyl groups is 1. The summed E-state index contributed by atoms with van der Waals surface area (Å²) in [4.78, 5) is 4.47. The summed E-state index contributed by atoms with van der Waals surface area (Å²) in [6.07, 6.45) is 7.71. The molecule has 0 atom stereocenters. The number of hydrogen-bond acceptors (Lipinski definition) is 4. The van der Waals surface area contributed by atoms with Gasteiger partial charge in [-0.3, -0.25) is 0 Å². The van der Waals surface area contributed by atoms with Crippen molar-refractivity contribution in [1.29, 1.82) is 0 Å². The Hall–Kier alpha value is -1.14. The number of anilines is 1. The average Bonchev–Trinajstić information content (AvgIpc) is 2.91. The van der Waals surface area contributed by atoms with Crippen molar-refractivity contribution in [2.45, 2.75) is 32.1 Å². The third-order valence-corrected chi connectivity index (χ3v) is 4.80. The van der Waals surface area contributed by atoms with Gasteiger partial charge < -0.3 is 10.4 Å². The van der Waals surface area contributed by atoms with Crippen molar-refractivity contribution in [3.63, 3.8) is 0 Å². The van der Waals surface area contributed by atoms with Gasteiger partial charge >= 0.3 is 0 Å². The third-order valence-electron chi connectivity index (χ3n) is 4.19. The first-order valence-electron chi connectivity index (χ1n) is 7.08. The molecule has 0 spiro atoms. The van der Waals surface area contributed by atoms with Gasteiger partial charge in [0.2, 0.25) is 5.95 Å². The lowest BCUT2D eigenvalue weighted by molar-refractivity contribution is 0.0942. The van der Waals surface area contributed by atoms with Crippen LogP contribution in [0.3, 0.4) is 0 Å². The first kappa shape index (κ1) is 13.8. The molecule has 1 aliphatic carbocycles. The van der Waals surface area contributed by atoms with Gasteiger partial charge in [0.15, 0.2) is 5.65 Å². The smallest absolute Gasteiger partial charge is 0.243 e. The molecule has 1 fully saturated rings. The zero-order valence-corrected chi connectivity index (χ0v) is 12.9. The Bertz CT molecular complexity index is 592. The molecule has 0 amide bonds. The van der Waals surface area contributed by atoms with Gasteiger partial charge in [0, 0.05) is 18.2 Å². The third kappa shape index (κ3) is 2.67. The van der Waals surface area contributed by atoms with Gasteiger partial charge in [-0.25, -0.2) is 4.52 Å². The van der Waals surface area contributed by atoms with Crippen LogP contribution < -0.4 is 5.32 Å². The molecule has 108 valence electrons. The highest BCUT2D eigenvalue weighted by Gasteiger charge is 2.31. The van der Waals surface area contributed by atoms with Gasteiger partial charge in [0.1, 0.15) is 0 Å². The average molecular weight is 339 g/mol. The van der Waals surface area contributed by atoms with Crippen molar-refractivity contribution < 1.29 is 5.11 Å². The first-order chi connectivity index (χ1) is 9.72. The summed E-state index contributed by atoms with van der Waals surface area (Å²) in [7, 11) is 0. The summed E-state index contributed by atoms with van der Waals surface area (Å²) in [6.45, 7) is 0.967. The molecule has 2 aromatic heterocycles. The summed E-state index contributed by atoms with van der Waals surface area (Å²) in [6, 6.07) is 3.87. The fourth-order valence-corrected chi connectivity index (χ4v) is 3.33. The number of aromatic nitrogens is 3. The van der Waals surface area contributed by atoms with Crippen molar-refractivity contribution in [1.82, 2.24) is 14.6 Å². The van der Waals surface area contributed by atoms with Crippen molar-refractivity contribution in [3.8, 4) is 0 Å². The molecular formula is C14H19BrN4O. The second-order valence-corrected chi connectivity index (χ2v) is 6.49. The lowest BCUT2D eigenvalue weighted by Crippen LogP contribution is -2.35. The lowest BCUT2D eigenvalue weighted by Gasteiger charge is -2.35. The van der Waals surface area contributed by atoms with Crippen LogP contribution in [0, 0.1) is 5.41 Å². The van der Waals surface area contributed by atoms with Crippen molar-refractivity contribution in [2.24, 2.45) is 5.41 Å². The second kappa shape index (κ2) is 5.69. The first-order valence-corrected chi connectivity index (χ1v) is 7.87. The quantitative estimate of drug-likeness (QED) is 0.899. The molecule has 1 saturated carbocycles. The normalized spacial score (nSPS) is 18.3. The molecule has 2 N–H and O–H groups in total. The summed E-state index contributed by atoms with van der Waals surface area (Å²) < 4.78 is 2.67. The summed E-state index contributed by atoms with van der Waals surface area (Å²) in [5.74, 6) is 0.621. The van der Waals surface area contributed by atoms with E-state index in [-0.39, 0.29) is 12.0 Å². The van der Waals surface area contributed by atoms with E-state index in [0.29, 0.717) is 5.95 Å². The minimum Gasteiger partial charge on any atom is -0.396 e. The van der Waals surface area contributed by atoms with E-state index >= 15 is 0 Å². The van der Waals surface area contributed by atoms with Crippen molar-refractivity contribution in [2.75, 3.05) is 18.5 Å². The molecule has 0 aliphatic heterocycles. The van der Waals surface area contributed by atoms with Crippen LogP contribution in [-0.2, 0) is 0 Å². The molecule has 0 aromatic carbocycles. The zero-order chi connectivity index (χ0) is 14.0. The lowest BCUT2D eigenvalue weighted by atomic mass is 9.74. The zero-order valence-electron chi connectivity index (χ0n) is 11.3. The summed E-state index contributed by atoms with van der Waals surface area (Å²) in [5, 5.41) is 17.4. The van der Waals surface area contributed by atoms with Crippen molar-refractivity contribution >= 4 is 27.5 Å². The number of rotatable bonds is 4. The van der Waals surface area contributed by atoms with Crippen LogP contribution >= 0.6 is 15.9 Å². The van der Waals surface area contributed by atoms with Crippen LogP contribution in [0.2, 0.25) is 0 Å². The molecule has 0 bridgehead atoms. The second-order valence-electron chi connectivity index (χ2n) is 5.63. The van der Waals surface area contributed by atoms with Crippen molar-refractivity contribution in [3.05, 3.63) is 22.8 Å². The molecule has 3 rings (SSSR count). The summed E-state index contributed by atoms with van der Waals surface area (Å²) >= 11 is 3.47. The Morgan fingerprint density at radius 1 is 1.35 bits per heavy atom. The number of aliphatic hydroxyl groups excluding tert-OH is 1. The number of pyridine rings is 1. The number of nitrogens with zero attached hydrogens (tertiary/aromatic N) is 3. The Morgan fingerprint density at radius 3 is 2.85 bits per heavy atom. The van der Waals surface area contributed by atoms with Gasteiger partial charge in [-0.15, -0.1) is 5.10 Å². The fourth-order valence-electron chi connectivity index (χ4n) is 2.91. The van der Waals surface area contributed by atoms with E-state index in [1.165, 1.54) is 19.3 Å². The van der Waals surface area contributed by atoms with Crippen LogP contribution in [0.5, 0.6) is 0 Å². The highest BCUT2D eigenvalue weighted by molar-refractivity contribution is 9.10. The van der Waals surface area contributed by atoms with E-state index in [0.717, 1.165) is 29.5 Å². The van der Waals surface area contributed by atoms with E-state index in [1.54, 1.807) is 4.52 Å². The molecule has 5 nitrogen and oxygen atoms in total. The SMILES string of the molecule is OCC1(CNc2nc3c(Br)cccn3n2)CCCCC1. The Morgan fingerprint density at radius 2 is 2.15 bits per heavy atom. The highest BCUT2D eigenvalue weighted by atomic mass is 79.9. The molecule has 2 heterocycles. The Balaban J connectivity index is 1.74. The molecule has 2 aromatic rings. The standard InChI is InChI=1S/C14H19BrN4O/c15-11-5-4-8-19-12(11)17-13(18-19)16-9-14(10-20)6-2-1-3-7-14/h4-5,8,20H,1-3,6-7,9-10H2,(H,16,18). The van der Waals surface area contributed by atoms with Gasteiger partial charge in [-0.1, -0.05) is 19.3 Å². The highest BCUT2D eigenvalue weighted by Crippen LogP contribution is 2.35.